The zero-order valence-corrected chi connectivity index (χ0v) is 9.25. The molecule has 0 aliphatic carbocycles. The van der Waals surface area contributed by atoms with Gasteiger partial charge in [0.05, 0.1) is 12.7 Å². The molecule has 9 heteroatoms. The number of carboxylic acid groups (broad SMARTS) is 1. The van der Waals surface area contributed by atoms with E-state index in [1.807, 2.05) is 0 Å². The smallest absolute Gasteiger partial charge is 0.364 e. The highest BCUT2D eigenvalue weighted by atomic mass is 16.7. The predicted molar refractivity (Wildman–Crippen MR) is 53.2 cm³/mol. The van der Waals surface area contributed by atoms with Crippen LogP contribution in [0.25, 0.3) is 0 Å². The Labute approximate surface area is 101 Å². The van der Waals surface area contributed by atoms with Crippen LogP contribution in [0.3, 0.4) is 0 Å². The van der Waals surface area contributed by atoms with Gasteiger partial charge in [-0.05, 0) is 0 Å². The maximum absolute atomic E-state index is 10.8. The molecule has 6 atom stereocenters. The first-order chi connectivity index (χ1) is 8.23. The van der Waals surface area contributed by atoms with E-state index in [4.69, 9.17) is 10.2 Å². The molecule has 1 heterocycles. The second-order valence-electron chi connectivity index (χ2n) is 4.17. The minimum absolute atomic E-state index is 0.790. The van der Waals surface area contributed by atoms with E-state index in [0.717, 1.165) is 0 Å². The second kappa shape index (κ2) is 5.45. The van der Waals surface area contributed by atoms with Gasteiger partial charge >= 0.3 is 5.97 Å². The van der Waals surface area contributed by atoms with Crippen molar-refractivity contribution in [3.63, 3.8) is 0 Å². The number of aliphatic hydroxyl groups excluding tert-OH is 5. The van der Waals surface area contributed by atoms with Crippen molar-refractivity contribution in [1.29, 1.82) is 0 Å². The molecule has 0 aromatic heterocycles. The second-order valence-corrected chi connectivity index (χ2v) is 4.17. The Bertz CT molecular complexity index is 308. The molecule has 106 valence electrons. The van der Waals surface area contributed by atoms with Crippen molar-refractivity contribution < 1.29 is 45.3 Å². The number of hydrogen-bond acceptors (Lipinski definition) is 8. The van der Waals surface area contributed by atoms with Crippen molar-refractivity contribution in [3.05, 3.63) is 0 Å². The van der Waals surface area contributed by atoms with Crippen molar-refractivity contribution >= 4 is 5.97 Å². The molecule has 1 saturated heterocycles. The normalized spacial score (nSPS) is 40.2. The SMILES string of the molecule is O=C(O)C1(O)C[C@H](O)[C@@H](O)[C@@H]([C@H](O)[C@H](O)CO)O1. The largest absolute Gasteiger partial charge is 0.477 e. The molecular formula is C9H16O9. The highest BCUT2D eigenvalue weighted by molar-refractivity contribution is 5.75. The zero-order valence-electron chi connectivity index (χ0n) is 9.25. The maximum Gasteiger partial charge on any atom is 0.364 e. The Kier molecular flexibility index (Phi) is 4.61. The molecule has 0 spiro atoms. The van der Waals surface area contributed by atoms with Crippen LogP contribution in [0.1, 0.15) is 6.42 Å². The summed E-state index contributed by atoms with van der Waals surface area (Å²) < 4.78 is 4.63. The molecule has 7 N–H and O–H groups in total. The van der Waals surface area contributed by atoms with Crippen molar-refractivity contribution in [2.45, 2.75) is 42.7 Å². The lowest BCUT2D eigenvalue weighted by Crippen LogP contribution is -2.63. The van der Waals surface area contributed by atoms with Gasteiger partial charge in [0, 0.05) is 6.42 Å². The van der Waals surface area contributed by atoms with Crippen LogP contribution in [-0.2, 0) is 9.53 Å². The minimum Gasteiger partial charge on any atom is -0.477 e. The van der Waals surface area contributed by atoms with E-state index >= 15 is 0 Å². The summed E-state index contributed by atoms with van der Waals surface area (Å²) >= 11 is 0. The van der Waals surface area contributed by atoms with Gasteiger partial charge in [-0.1, -0.05) is 0 Å². The van der Waals surface area contributed by atoms with Crippen molar-refractivity contribution in [2.24, 2.45) is 0 Å². The summed E-state index contributed by atoms with van der Waals surface area (Å²) in [6, 6.07) is 0. The van der Waals surface area contributed by atoms with E-state index in [2.05, 4.69) is 4.74 Å². The molecule has 0 bridgehead atoms. The molecule has 1 rings (SSSR count). The van der Waals surface area contributed by atoms with Crippen LogP contribution in [0.4, 0.5) is 0 Å². The summed E-state index contributed by atoms with van der Waals surface area (Å²) in [4.78, 5) is 10.8. The molecular weight excluding hydrogens is 252 g/mol. The summed E-state index contributed by atoms with van der Waals surface area (Å²) in [5.41, 5.74) is 0. The summed E-state index contributed by atoms with van der Waals surface area (Å²) in [5.74, 6) is -4.58. The fraction of sp³-hybridized carbons (Fsp3) is 0.889. The molecule has 1 aliphatic heterocycles. The fourth-order valence-electron chi connectivity index (χ4n) is 1.70. The van der Waals surface area contributed by atoms with Crippen LogP contribution in [0, 0.1) is 0 Å². The molecule has 0 aromatic carbocycles. The molecule has 1 fully saturated rings. The van der Waals surface area contributed by atoms with E-state index in [9.17, 15) is 30.3 Å². The lowest BCUT2D eigenvalue weighted by Gasteiger charge is -2.42. The van der Waals surface area contributed by atoms with Gasteiger partial charge in [-0.15, -0.1) is 0 Å². The molecule has 0 aromatic rings. The van der Waals surface area contributed by atoms with Gasteiger partial charge in [-0.3, -0.25) is 0 Å². The number of hydrogen-bond donors (Lipinski definition) is 7. The van der Waals surface area contributed by atoms with Gasteiger partial charge in [0.25, 0.3) is 5.79 Å². The van der Waals surface area contributed by atoms with Crippen LogP contribution in [-0.4, -0.2) is 84.6 Å². The zero-order chi connectivity index (χ0) is 14.1. The minimum atomic E-state index is -2.78. The summed E-state index contributed by atoms with van der Waals surface area (Å²) in [6.07, 6.45) is -9.50. The topological polar surface area (TPSA) is 168 Å². The maximum atomic E-state index is 10.8. The molecule has 0 saturated carbocycles. The molecule has 0 radical (unpaired) electrons. The van der Waals surface area contributed by atoms with Crippen LogP contribution in [0.15, 0.2) is 0 Å². The Morgan fingerprint density at radius 3 is 2.39 bits per heavy atom. The van der Waals surface area contributed by atoms with E-state index < -0.39 is 55.3 Å². The summed E-state index contributed by atoms with van der Waals surface area (Å²) in [6.45, 7) is -0.866. The fourth-order valence-corrected chi connectivity index (χ4v) is 1.70. The van der Waals surface area contributed by atoms with Crippen molar-refractivity contribution in [3.8, 4) is 0 Å². The Morgan fingerprint density at radius 1 is 1.39 bits per heavy atom. The van der Waals surface area contributed by atoms with Crippen LogP contribution in [0.2, 0.25) is 0 Å². The van der Waals surface area contributed by atoms with Gasteiger partial charge in [-0.25, -0.2) is 4.79 Å². The molecule has 1 unspecified atom stereocenters. The summed E-state index contributed by atoms with van der Waals surface area (Å²) in [7, 11) is 0. The van der Waals surface area contributed by atoms with Crippen molar-refractivity contribution in [2.75, 3.05) is 6.61 Å². The lowest BCUT2D eigenvalue weighted by atomic mass is 9.91. The third-order valence-corrected chi connectivity index (χ3v) is 2.80. The molecule has 0 amide bonds. The quantitative estimate of drug-likeness (QED) is 0.268. The van der Waals surface area contributed by atoms with Gasteiger partial charge in [0.2, 0.25) is 0 Å². The average Bonchev–Trinajstić information content (AvgIpc) is 2.31. The van der Waals surface area contributed by atoms with Crippen LogP contribution >= 0.6 is 0 Å². The standard InChI is InChI=1S/C9H16O9/c10-2-4(12)6(14)7-5(13)3(11)1-9(17,18-7)8(15)16/h3-7,10-14,17H,1-2H2,(H,15,16)/t3-,4+,5+,6+,7-,9?/m0/s1. The van der Waals surface area contributed by atoms with Gasteiger partial charge in [-0.2, -0.15) is 0 Å². The van der Waals surface area contributed by atoms with Gasteiger partial charge < -0.3 is 40.5 Å². The van der Waals surface area contributed by atoms with E-state index in [1.54, 1.807) is 0 Å². The summed E-state index contributed by atoms with van der Waals surface area (Å²) in [5, 5.41) is 64.6. The molecule has 1 aliphatic rings. The van der Waals surface area contributed by atoms with Crippen molar-refractivity contribution in [1.82, 2.24) is 0 Å². The highest BCUT2D eigenvalue weighted by Gasteiger charge is 2.53. The third-order valence-electron chi connectivity index (χ3n) is 2.80. The first-order valence-electron chi connectivity index (χ1n) is 5.19. The van der Waals surface area contributed by atoms with E-state index in [0.29, 0.717) is 0 Å². The number of rotatable bonds is 4. The number of carboxylic acids is 1. The Balaban J connectivity index is 2.92. The number of ether oxygens (including phenoxy) is 1. The first kappa shape index (κ1) is 15.2. The number of aliphatic hydroxyl groups is 6. The van der Waals surface area contributed by atoms with E-state index in [1.165, 1.54) is 0 Å². The number of carbonyl (C=O) groups is 1. The van der Waals surface area contributed by atoms with Gasteiger partial charge in [0.1, 0.15) is 24.4 Å². The molecule has 9 nitrogen and oxygen atoms in total. The van der Waals surface area contributed by atoms with Crippen LogP contribution in [0.5, 0.6) is 0 Å². The van der Waals surface area contributed by atoms with E-state index in [-0.39, 0.29) is 0 Å². The predicted octanol–water partition coefficient (Wildman–Crippen LogP) is -4.02. The van der Waals surface area contributed by atoms with Crippen LogP contribution < -0.4 is 0 Å². The Hall–Kier alpha value is -0.810. The number of aliphatic carboxylic acids is 1. The third kappa shape index (κ3) is 2.78. The monoisotopic (exact) mass is 268 g/mol. The molecule has 18 heavy (non-hydrogen) atoms. The Morgan fingerprint density at radius 2 is 1.94 bits per heavy atom. The first-order valence-corrected chi connectivity index (χ1v) is 5.19. The van der Waals surface area contributed by atoms with Gasteiger partial charge in [0.15, 0.2) is 0 Å². The average molecular weight is 268 g/mol. The highest BCUT2D eigenvalue weighted by Crippen LogP contribution is 2.30. The lowest BCUT2D eigenvalue weighted by molar-refractivity contribution is -0.312.